The molecule has 8 rings (SSSR count). The summed E-state index contributed by atoms with van der Waals surface area (Å²) in [5.41, 5.74) is 11.4. The molecule has 0 amide bonds. The molecular formula is C40H30. The number of hydrogen-bond acceptors (Lipinski definition) is 0. The van der Waals surface area contributed by atoms with Crippen LogP contribution in [0.25, 0.3) is 49.9 Å². The van der Waals surface area contributed by atoms with Gasteiger partial charge in [0.25, 0.3) is 0 Å². The van der Waals surface area contributed by atoms with Gasteiger partial charge in [-0.15, -0.1) is 0 Å². The Balaban J connectivity index is 1.46. The van der Waals surface area contributed by atoms with Crippen LogP contribution >= 0.6 is 0 Å². The van der Waals surface area contributed by atoms with Gasteiger partial charge < -0.3 is 0 Å². The van der Waals surface area contributed by atoms with Crippen LogP contribution in [0.2, 0.25) is 0 Å². The molecule has 190 valence electrons. The molecule has 0 N–H and O–H groups in total. The second-order valence-corrected chi connectivity index (χ2v) is 11.1. The summed E-state index contributed by atoms with van der Waals surface area (Å²) in [4.78, 5) is 0. The highest BCUT2D eigenvalue weighted by atomic mass is 14.3. The first-order valence-corrected chi connectivity index (χ1v) is 14.5. The minimum Gasteiger partial charge on any atom is -0.0622 e. The van der Waals surface area contributed by atoms with Crippen LogP contribution in [0.4, 0.5) is 0 Å². The third kappa shape index (κ3) is 3.67. The highest BCUT2D eigenvalue weighted by Gasteiger charge is 2.22. The molecular weight excluding hydrogens is 480 g/mol. The predicted molar refractivity (Wildman–Crippen MR) is 170 cm³/mol. The molecule has 2 aliphatic carbocycles. The third-order valence-corrected chi connectivity index (χ3v) is 8.93. The Morgan fingerprint density at radius 1 is 0.375 bits per heavy atom. The van der Waals surface area contributed by atoms with Gasteiger partial charge in [-0.1, -0.05) is 133 Å². The number of aryl methyl sites for hydroxylation is 1. The van der Waals surface area contributed by atoms with Crippen LogP contribution in [0.15, 0.2) is 133 Å². The fourth-order valence-electron chi connectivity index (χ4n) is 7.16. The Labute approximate surface area is 235 Å². The molecule has 0 fully saturated rings. The smallest absolute Gasteiger partial charge is 0.00264 e. The van der Waals surface area contributed by atoms with Gasteiger partial charge in [-0.2, -0.15) is 0 Å². The molecule has 6 aromatic rings. The maximum Gasteiger partial charge on any atom is -0.00264 e. The van der Waals surface area contributed by atoms with Gasteiger partial charge in [0, 0.05) is 0 Å². The van der Waals surface area contributed by atoms with Crippen LogP contribution in [-0.2, 0) is 6.42 Å². The lowest BCUT2D eigenvalue weighted by molar-refractivity contribution is 0.926. The largest absolute Gasteiger partial charge is 0.0622 e. The lowest BCUT2D eigenvalue weighted by atomic mass is 9.79. The predicted octanol–water partition coefficient (Wildman–Crippen LogP) is 8.83. The zero-order valence-corrected chi connectivity index (χ0v) is 22.5. The van der Waals surface area contributed by atoms with E-state index in [4.69, 9.17) is 0 Å². The van der Waals surface area contributed by atoms with Crippen LogP contribution < -0.4 is 10.4 Å². The molecule has 0 aromatic heterocycles. The fourth-order valence-corrected chi connectivity index (χ4v) is 7.16. The summed E-state index contributed by atoms with van der Waals surface area (Å²) in [6.45, 7) is 0. The van der Waals surface area contributed by atoms with Gasteiger partial charge in [-0.3, -0.25) is 0 Å². The summed E-state index contributed by atoms with van der Waals surface area (Å²) in [5, 5.41) is 8.15. The van der Waals surface area contributed by atoms with Gasteiger partial charge in [-0.05, 0) is 102 Å². The number of rotatable bonds is 3. The molecule has 0 atom stereocenters. The molecule has 6 aromatic carbocycles. The third-order valence-electron chi connectivity index (χ3n) is 8.93. The Morgan fingerprint density at radius 3 is 1.60 bits per heavy atom. The van der Waals surface area contributed by atoms with Crippen LogP contribution in [0.3, 0.4) is 0 Å². The molecule has 0 radical (unpaired) electrons. The van der Waals surface area contributed by atoms with Gasteiger partial charge in [0.05, 0.1) is 0 Å². The van der Waals surface area contributed by atoms with Gasteiger partial charge in [0.2, 0.25) is 0 Å². The van der Waals surface area contributed by atoms with E-state index in [1.165, 1.54) is 76.5 Å². The highest BCUT2D eigenvalue weighted by molar-refractivity contribution is 6.18. The van der Waals surface area contributed by atoms with E-state index in [9.17, 15) is 0 Å². The van der Waals surface area contributed by atoms with Crippen molar-refractivity contribution in [1.82, 2.24) is 0 Å². The van der Waals surface area contributed by atoms with Crippen molar-refractivity contribution in [3.63, 3.8) is 0 Å². The molecule has 40 heavy (non-hydrogen) atoms. The van der Waals surface area contributed by atoms with E-state index in [1.807, 2.05) is 0 Å². The number of fused-ring (bicyclic) bond motifs is 4. The zero-order chi connectivity index (χ0) is 26.5. The maximum absolute atomic E-state index is 2.45. The highest BCUT2D eigenvalue weighted by Crippen LogP contribution is 2.43. The normalized spacial score (nSPS) is 14.7. The molecule has 0 nitrogen and oxygen atoms in total. The van der Waals surface area contributed by atoms with E-state index >= 15 is 0 Å². The lowest BCUT2D eigenvalue weighted by Gasteiger charge is -2.25. The summed E-state index contributed by atoms with van der Waals surface area (Å²) in [5.74, 6) is 0. The number of allylic oxidation sites excluding steroid dienone is 1. The summed E-state index contributed by atoms with van der Waals surface area (Å²) < 4.78 is 0. The standard InChI is InChI=1S/C40H30/c1-2-13-28(14-3-1)39-34-18-8-10-20-36(34)40(37-21-11-9-19-35(37)39)38-25-24-31(32-16-6-7-17-33(32)38)30-23-22-27-12-4-5-15-29(27)26-30/h1-21,26H,22-25H2. The molecule has 2 aliphatic rings. The first-order chi connectivity index (χ1) is 19.9. The summed E-state index contributed by atoms with van der Waals surface area (Å²) in [7, 11) is 0. The number of benzene rings is 6. The van der Waals surface area contributed by atoms with E-state index < -0.39 is 0 Å². The summed E-state index contributed by atoms with van der Waals surface area (Å²) >= 11 is 0. The Hall–Kier alpha value is -4.68. The van der Waals surface area contributed by atoms with Gasteiger partial charge in [0.15, 0.2) is 0 Å². The van der Waals surface area contributed by atoms with E-state index in [1.54, 1.807) is 0 Å². The average Bonchev–Trinajstić information content (AvgIpc) is 3.03. The maximum atomic E-state index is 2.45. The fraction of sp³-hybridized carbons (Fsp3) is 0.100. The molecule has 0 bridgehead atoms. The van der Waals surface area contributed by atoms with Crippen molar-refractivity contribution in [2.75, 3.05) is 0 Å². The van der Waals surface area contributed by atoms with Crippen molar-refractivity contribution in [2.24, 2.45) is 0 Å². The summed E-state index contributed by atoms with van der Waals surface area (Å²) in [6.07, 6.45) is 6.82. The minimum absolute atomic E-state index is 1.05. The van der Waals surface area contributed by atoms with Crippen LogP contribution in [0.1, 0.15) is 36.0 Å². The molecule has 0 spiro atoms. The van der Waals surface area contributed by atoms with E-state index in [0.29, 0.717) is 0 Å². The first kappa shape index (κ1) is 23.2. The second-order valence-electron chi connectivity index (χ2n) is 11.1. The van der Waals surface area contributed by atoms with Crippen LogP contribution in [-0.4, -0.2) is 0 Å². The van der Waals surface area contributed by atoms with E-state index in [-0.39, 0.29) is 0 Å². The van der Waals surface area contributed by atoms with Gasteiger partial charge >= 0.3 is 0 Å². The van der Waals surface area contributed by atoms with Crippen LogP contribution in [0.5, 0.6) is 0 Å². The second kappa shape index (κ2) is 9.50. The van der Waals surface area contributed by atoms with Crippen molar-refractivity contribution in [2.45, 2.75) is 25.7 Å². The molecule has 0 heteroatoms. The Morgan fingerprint density at radius 2 is 0.900 bits per heavy atom. The minimum atomic E-state index is 1.05. The molecule has 0 aliphatic heterocycles. The van der Waals surface area contributed by atoms with Crippen molar-refractivity contribution >= 4 is 38.8 Å². The Kier molecular flexibility index (Phi) is 5.52. The van der Waals surface area contributed by atoms with Crippen molar-refractivity contribution in [3.05, 3.63) is 160 Å². The molecule has 0 saturated heterocycles. The van der Waals surface area contributed by atoms with Crippen LogP contribution in [0, 0.1) is 0 Å². The first-order valence-electron chi connectivity index (χ1n) is 14.5. The molecule has 0 unspecified atom stereocenters. The van der Waals surface area contributed by atoms with Crippen molar-refractivity contribution in [1.29, 1.82) is 0 Å². The molecule has 0 heterocycles. The monoisotopic (exact) mass is 510 g/mol. The van der Waals surface area contributed by atoms with Crippen molar-refractivity contribution < 1.29 is 0 Å². The SMILES string of the molecule is C1=C(C2=c3ccccc3=C(c3c4ccccc4c(-c4ccccc4)c4ccccc34)CC2)CCc2ccccc21. The lowest BCUT2D eigenvalue weighted by Crippen LogP contribution is -2.33. The van der Waals surface area contributed by atoms with E-state index in [2.05, 4.69) is 133 Å². The number of hydrogen-bond donors (Lipinski definition) is 0. The molecule has 0 saturated carbocycles. The zero-order valence-electron chi connectivity index (χ0n) is 22.5. The summed E-state index contributed by atoms with van der Waals surface area (Å²) in [6, 6.07) is 47.0. The van der Waals surface area contributed by atoms with Gasteiger partial charge in [0.1, 0.15) is 0 Å². The average molecular weight is 511 g/mol. The Bertz CT molecular complexity index is 2030. The van der Waals surface area contributed by atoms with Gasteiger partial charge in [-0.25, -0.2) is 0 Å². The van der Waals surface area contributed by atoms with Crippen molar-refractivity contribution in [3.8, 4) is 11.1 Å². The van der Waals surface area contributed by atoms with E-state index in [0.717, 1.165) is 25.7 Å². The quantitative estimate of drug-likeness (QED) is 0.209. The topological polar surface area (TPSA) is 0 Å².